The van der Waals surface area contributed by atoms with E-state index in [9.17, 15) is 23.6 Å². The number of aromatic nitrogens is 5. The molecule has 48 heavy (non-hydrogen) atoms. The highest BCUT2D eigenvalue weighted by Gasteiger charge is 2.30. The van der Waals surface area contributed by atoms with Gasteiger partial charge < -0.3 is 34.8 Å². The summed E-state index contributed by atoms with van der Waals surface area (Å²) in [4.78, 5) is 54.5. The van der Waals surface area contributed by atoms with E-state index < -0.39 is 12.1 Å². The fourth-order valence-corrected chi connectivity index (χ4v) is 6.04. The number of hydrogen-bond acceptors (Lipinski definition) is 13. The van der Waals surface area contributed by atoms with Gasteiger partial charge in [0.1, 0.15) is 23.9 Å². The lowest BCUT2D eigenvalue weighted by Crippen LogP contribution is -2.50. The molecule has 3 aliphatic heterocycles. The van der Waals surface area contributed by atoms with Crippen LogP contribution in [0.4, 0.5) is 26.6 Å². The van der Waals surface area contributed by atoms with Gasteiger partial charge in [0.05, 0.1) is 25.4 Å². The number of allylic oxidation sites excluding steroid dienone is 1. The Kier molecular flexibility index (Phi) is 10.5. The number of amides is 2. The molecule has 15 nitrogen and oxygen atoms in total. The van der Waals surface area contributed by atoms with Crippen molar-refractivity contribution < 1.29 is 27.8 Å². The lowest BCUT2D eigenvalue weighted by atomic mass is 9.98. The van der Waals surface area contributed by atoms with Gasteiger partial charge in [0.25, 0.3) is 12.3 Å². The number of likely N-dealkylation sites (tertiary alicyclic amines) is 1. The SMILES string of the molecule is N#C/C(=C/C1CC1)C(=O)N1CCC[C@@H](COCC(=O)N2CCN(c3nc(-c4cnc(N)nc4C(F)F)nc(N4CCOCC4)n3)CC2)C1. The number of ether oxygens (including phenoxy) is 2. The number of nitriles is 1. The Hall–Kier alpha value is -4.56. The molecule has 1 saturated carbocycles. The summed E-state index contributed by atoms with van der Waals surface area (Å²) in [6, 6.07) is 2.06. The highest BCUT2D eigenvalue weighted by molar-refractivity contribution is 5.97. The quantitative estimate of drug-likeness (QED) is 0.284. The molecule has 2 N–H and O–H groups in total. The lowest BCUT2D eigenvalue weighted by molar-refractivity contribution is -0.138. The molecule has 17 heteroatoms. The molecule has 256 valence electrons. The van der Waals surface area contributed by atoms with E-state index in [0.717, 1.165) is 25.7 Å². The maximum Gasteiger partial charge on any atom is 0.281 e. The van der Waals surface area contributed by atoms with Crippen LogP contribution in [0.25, 0.3) is 11.4 Å². The number of morpholine rings is 1. The third kappa shape index (κ3) is 8.11. The van der Waals surface area contributed by atoms with Gasteiger partial charge >= 0.3 is 0 Å². The summed E-state index contributed by atoms with van der Waals surface area (Å²) in [5.74, 6) is 0.415. The van der Waals surface area contributed by atoms with Crippen LogP contribution in [0.2, 0.25) is 0 Å². The molecule has 0 spiro atoms. The van der Waals surface area contributed by atoms with Crippen molar-refractivity contribution in [1.29, 1.82) is 5.26 Å². The third-order valence-electron chi connectivity index (χ3n) is 8.87. The highest BCUT2D eigenvalue weighted by Crippen LogP contribution is 2.32. The number of rotatable bonds is 10. The first-order valence-electron chi connectivity index (χ1n) is 16.3. The summed E-state index contributed by atoms with van der Waals surface area (Å²) in [6.07, 6.45) is 3.82. The first kappa shape index (κ1) is 33.3. The number of piperazine rings is 1. The van der Waals surface area contributed by atoms with Crippen LogP contribution in [0.1, 0.15) is 37.8 Å². The van der Waals surface area contributed by atoms with Gasteiger partial charge in [0, 0.05) is 58.6 Å². The molecule has 3 saturated heterocycles. The summed E-state index contributed by atoms with van der Waals surface area (Å²) in [6.45, 7) is 4.97. The number of halogens is 2. The molecule has 5 heterocycles. The van der Waals surface area contributed by atoms with Gasteiger partial charge in [-0.15, -0.1) is 0 Å². The van der Waals surface area contributed by atoms with Crippen molar-refractivity contribution in [2.45, 2.75) is 32.1 Å². The zero-order valence-electron chi connectivity index (χ0n) is 26.6. The number of alkyl halides is 2. The largest absolute Gasteiger partial charge is 0.378 e. The molecule has 0 aromatic carbocycles. The molecular formula is C31H39F2N11O4. The first-order valence-corrected chi connectivity index (χ1v) is 16.3. The van der Waals surface area contributed by atoms with E-state index in [1.807, 2.05) is 9.80 Å². The van der Waals surface area contributed by atoms with Gasteiger partial charge in [-0.25, -0.2) is 18.7 Å². The monoisotopic (exact) mass is 667 g/mol. The maximum absolute atomic E-state index is 13.9. The van der Waals surface area contributed by atoms with Crippen molar-refractivity contribution in [2.24, 2.45) is 11.8 Å². The topological polar surface area (TPSA) is 180 Å². The summed E-state index contributed by atoms with van der Waals surface area (Å²) < 4.78 is 39.1. The second kappa shape index (κ2) is 15.1. The van der Waals surface area contributed by atoms with Crippen LogP contribution in [0.15, 0.2) is 17.8 Å². The summed E-state index contributed by atoms with van der Waals surface area (Å²) >= 11 is 0. The number of hydrogen-bond donors (Lipinski definition) is 1. The molecule has 0 bridgehead atoms. The van der Waals surface area contributed by atoms with E-state index in [1.165, 1.54) is 6.20 Å². The number of anilines is 3. The smallest absolute Gasteiger partial charge is 0.281 e. The second-order valence-electron chi connectivity index (χ2n) is 12.4. The molecule has 4 fully saturated rings. The van der Waals surface area contributed by atoms with Crippen LogP contribution in [-0.2, 0) is 19.1 Å². The minimum Gasteiger partial charge on any atom is -0.378 e. The van der Waals surface area contributed by atoms with E-state index >= 15 is 0 Å². The zero-order chi connectivity index (χ0) is 33.6. The molecule has 2 amide bonds. The third-order valence-corrected chi connectivity index (χ3v) is 8.87. The van der Waals surface area contributed by atoms with Gasteiger partial charge in [0.15, 0.2) is 5.82 Å². The Morgan fingerprint density at radius 3 is 2.38 bits per heavy atom. The van der Waals surface area contributed by atoms with Gasteiger partial charge in [0.2, 0.25) is 23.8 Å². The van der Waals surface area contributed by atoms with Crippen molar-refractivity contribution in [3.8, 4) is 17.5 Å². The van der Waals surface area contributed by atoms with Gasteiger partial charge in [-0.2, -0.15) is 20.2 Å². The average Bonchev–Trinajstić information content (AvgIpc) is 3.95. The Morgan fingerprint density at radius 2 is 1.71 bits per heavy atom. The summed E-state index contributed by atoms with van der Waals surface area (Å²) in [5.41, 5.74) is 5.21. The zero-order valence-corrected chi connectivity index (χ0v) is 26.6. The minimum absolute atomic E-state index is 0.00876. The summed E-state index contributed by atoms with van der Waals surface area (Å²) in [7, 11) is 0. The molecule has 0 unspecified atom stereocenters. The van der Waals surface area contributed by atoms with E-state index in [2.05, 4.69) is 31.0 Å². The van der Waals surface area contributed by atoms with Crippen molar-refractivity contribution in [2.75, 3.05) is 94.3 Å². The van der Waals surface area contributed by atoms with Crippen molar-refractivity contribution >= 4 is 29.7 Å². The Balaban J connectivity index is 1.05. The van der Waals surface area contributed by atoms with E-state index in [-0.39, 0.29) is 47.2 Å². The van der Waals surface area contributed by atoms with Crippen molar-refractivity contribution in [3.05, 3.63) is 23.5 Å². The standard InChI is InChI=1S/C31H39F2N11O4/c32-26(33)25-23(16-36-29(35)37-25)27-38-30(40-31(39-27)43-10-12-47-13-11-43)42-8-6-41(7-9-42)24(45)19-48-18-21-2-1-5-44(17-21)28(46)22(15-34)14-20-3-4-20/h14,16,20-21,26H,1-13,17-19H2,(H2,35,36,37)/b22-14-/t21-/m1/s1. The van der Waals surface area contributed by atoms with Gasteiger partial charge in [-0.1, -0.05) is 6.08 Å². The van der Waals surface area contributed by atoms with E-state index in [4.69, 9.17) is 15.2 Å². The predicted octanol–water partition coefficient (Wildman–Crippen LogP) is 1.45. The van der Waals surface area contributed by atoms with Gasteiger partial charge in [-0.05, 0) is 37.5 Å². The fourth-order valence-electron chi connectivity index (χ4n) is 6.04. The number of piperidine rings is 1. The number of carbonyl (C=O) groups is 2. The number of nitrogen functional groups attached to an aromatic ring is 1. The van der Waals surface area contributed by atoms with E-state index in [1.54, 1.807) is 15.9 Å². The maximum atomic E-state index is 13.9. The lowest BCUT2D eigenvalue weighted by Gasteiger charge is -2.35. The van der Waals surface area contributed by atoms with Crippen LogP contribution in [0, 0.1) is 23.2 Å². The molecule has 2 aromatic rings. The number of nitrogens with zero attached hydrogens (tertiary/aromatic N) is 10. The van der Waals surface area contributed by atoms with Crippen LogP contribution in [0.3, 0.4) is 0 Å². The normalized spacial score (nSPS) is 20.6. The van der Waals surface area contributed by atoms with Crippen molar-refractivity contribution in [1.82, 2.24) is 34.7 Å². The molecule has 6 rings (SSSR count). The van der Waals surface area contributed by atoms with Crippen LogP contribution in [-0.4, -0.2) is 125 Å². The molecule has 2 aromatic heterocycles. The number of nitrogens with two attached hydrogens (primary N) is 1. The first-order chi connectivity index (χ1) is 23.3. The van der Waals surface area contributed by atoms with E-state index in [0.29, 0.717) is 90.0 Å². The molecule has 4 aliphatic rings. The Bertz CT molecular complexity index is 1550. The molecule has 1 aliphatic carbocycles. The van der Waals surface area contributed by atoms with Crippen molar-refractivity contribution in [3.63, 3.8) is 0 Å². The fraction of sp³-hybridized carbons (Fsp3) is 0.613. The number of carbonyl (C=O) groups excluding carboxylic acids is 2. The average molecular weight is 668 g/mol. The molecule has 1 atom stereocenters. The van der Waals surface area contributed by atoms with Crippen LogP contribution < -0.4 is 15.5 Å². The van der Waals surface area contributed by atoms with Gasteiger partial charge in [-0.3, -0.25) is 9.59 Å². The Morgan fingerprint density at radius 1 is 1.00 bits per heavy atom. The highest BCUT2D eigenvalue weighted by atomic mass is 19.3. The minimum atomic E-state index is -2.92. The molecular weight excluding hydrogens is 628 g/mol. The second-order valence-corrected chi connectivity index (χ2v) is 12.4. The van der Waals surface area contributed by atoms with Crippen LogP contribution in [0.5, 0.6) is 0 Å². The predicted molar refractivity (Wildman–Crippen MR) is 169 cm³/mol. The summed E-state index contributed by atoms with van der Waals surface area (Å²) in [5, 5.41) is 9.45. The van der Waals surface area contributed by atoms with Crippen LogP contribution >= 0.6 is 0 Å². The molecule has 0 radical (unpaired) electrons. The Labute approximate surface area is 276 Å².